The molecule has 10 nitrogen and oxygen atoms in total. The molecule has 2 N–H and O–H groups in total. The van der Waals surface area contributed by atoms with E-state index in [1.54, 1.807) is 4.90 Å². The molecule has 1 saturated heterocycles. The smallest absolute Gasteiger partial charge is 0.270 e. The van der Waals surface area contributed by atoms with Crippen LogP contribution in [0.3, 0.4) is 0 Å². The van der Waals surface area contributed by atoms with E-state index in [1.165, 1.54) is 18.2 Å². The Morgan fingerprint density at radius 2 is 2.12 bits per heavy atom. The molecule has 1 aromatic heterocycles. The Labute approximate surface area is 147 Å². The standard InChI is InChI=1S/C15H15FN6O4/c16-12-9-17-15(18-13(12)21-4-6-26-7-5-21)20-19-14(23)10-2-1-3-11(8-10)22(24)25/h1-3,8-9H,4-7H2,(H,19,23)(H,17,18,20). The lowest BCUT2D eigenvalue weighted by Gasteiger charge is -2.28. The molecule has 0 spiro atoms. The SMILES string of the molecule is O=C(NNc1ncc(F)c(N2CCOCC2)n1)c1cccc([N+](=O)[O-])c1. The molecular formula is C15H15FN6O4. The molecule has 3 rings (SSSR count). The first-order chi connectivity index (χ1) is 12.5. The van der Waals surface area contributed by atoms with Crippen LogP contribution in [-0.4, -0.2) is 47.1 Å². The summed E-state index contributed by atoms with van der Waals surface area (Å²) in [6.45, 7) is 1.92. The van der Waals surface area contributed by atoms with Crippen LogP contribution in [0.15, 0.2) is 30.5 Å². The number of nitrogens with zero attached hydrogens (tertiary/aromatic N) is 4. The molecule has 0 aliphatic carbocycles. The van der Waals surface area contributed by atoms with E-state index in [0.29, 0.717) is 26.3 Å². The molecule has 1 fully saturated rings. The minimum Gasteiger partial charge on any atom is -0.378 e. The topological polar surface area (TPSA) is 123 Å². The highest BCUT2D eigenvalue weighted by molar-refractivity contribution is 5.95. The Morgan fingerprint density at radius 1 is 1.35 bits per heavy atom. The fourth-order valence-corrected chi connectivity index (χ4v) is 2.36. The van der Waals surface area contributed by atoms with Crippen molar-refractivity contribution in [2.45, 2.75) is 0 Å². The summed E-state index contributed by atoms with van der Waals surface area (Å²) < 4.78 is 19.2. The van der Waals surface area contributed by atoms with Crippen LogP contribution in [0, 0.1) is 15.9 Å². The Hall–Kier alpha value is -3.34. The first-order valence-electron chi connectivity index (χ1n) is 7.70. The molecule has 0 saturated carbocycles. The maximum Gasteiger partial charge on any atom is 0.270 e. The zero-order valence-electron chi connectivity index (χ0n) is 13.5. The van der Waals surface area contributed by atoms with E-state index in [1.807, 2.05) is 0 Å². The highest BCUT2D eigenvalue weighted by Gasteiger charge is 2.18. The number of rotatable bonds is 5. The normalized spacial score (nSPS) is 14.0. The van der Waals surface area contributed by atoms with Crippen molar-refractivity contribution >= 4 is 23.4 Å². The number of carbonyl (C=O) groups is 1. The van der Waals surface area contributed by atoms with Crippen LogP contribution in [-0.2, 0) is 4.74 Å². The summed E-state index contributed by atoms with van der Waals surface area (Å²) in [5.41, 5.74) is 4.69. The van der Waals surface area contributed by atoms with Gasteiger partial charge in [0.05, 0.1) is 24.3 Å². The van der Waals surface area contributed by atoms with Crippen molar-refractivity contribution in [2.75, 3.05) is 36.6 Å². The van der Waals surface area contributed by atoms with Crippen molar-refractivity contribution in [1.82, 2.24) is 15.4 Å². The summed E-state index contributed by atoms with van der Waals surface area (Å²) in [6, 6.07) is 5.25. The lowest BCUT2D eigenvalue weighted by molar-refractivity contribution is -0.384. The minimum atomic E-state index is -0.616. The fraction of sp³-hybridized carbons (Fsp3) is 0.267. The molecule has 2 heterocycles. The molecule has 1 aliphatic rings. The van der Waals surface area contributed by atoms with Crippen molar-refractivity contribution in [3.8, 4) is 0 Å². The number of carbonyl (C=O) groups excluding carboxylic acids is 1. The van der Waals surface area contributed by atoms with Gasteiger partial charge in [-0.2, -0.15) is 4.98 Å². The van der Waals surface area contributed by atoms with Gasteiger partial charge in [0, 0.05) is 30.8 Å². The number of hydrogen-bond donors (Lipinski definition) is 2. The van der Waals surface area contributed by atoms with E-state index in [0.717, 1.165) is 12.3 Å². The lowest BCUT2D eigenvalue weighted by atomic mass is 10.2. The number of nitro groups is 1. The molecule has 1 aromatic carbocycles. The molecule has 0 unspecified atom stereocenters. The molecule has 0 atom stereocenters. The van der Waals surface area contributed by atoms with Crippen molar-refractivity contribution < 1.29 is 18.8 Å². The zero-order valence-corrected chi connectivity index (χ0v) is 13.5. The maximum absolute atomic E-state index is 14.0. The maximum atomic E-state index is 14.0. The summed E-state index contributed by atoms with van der Waals surface area (Å²) in [5, 5.41) is 10.8. The lowest BCUT2D eigenvalue weighted by Crippen LogP contribution is -2.38. The number of anilines is 2. The summed E-state index contributed by atoms with van der Waals surface area (Å²) >= 11 is 0. The van der Waals surface area contributed by atoms with E-state index in [4.69, 9.17) is 4.74 Å². The Kier molecular flexibility index (Phi) is 5.17. The second kappa shape index (κ2) is 7.70. The number of hydrogen-bond acceptors (Lipinski definition) is 8. The third-order valence-corrected chi connectivity index (χ3v) is 3.64. The van der Waals surface area contributed by atoms with Gasteiger partial charge in [0.15, 0.2) is 11.6 Å². The van der Waals surface area contributed by atoms with Crippen molar-refractivity contribution in [3.63, 3.8) is 0 Å². The van der Waals surface area contributed by atoms with Gasteiger partial charge in [-0.25, -0.2) is 9.37 Å². The first-order valence-corrected chi connectivity index (χ1v) is 7.70. The van der Waals surface area contributed by atoms with Crippen LogP contribution in [0.5, 0.6) is 0 Å². The molecule has 0 radical (unpaired) electrons. The zero-order chi connectivity index (χ0) is 18.5. The van der Waals surface area contributed by atoms with Crippen LogP contribution in [0.2, 0.25) is 0 Å². The van der Waals surface area contributed by atoms with E-state index >= 15 is 0 Å². The summed E-state index contributed by atoms with van der Waals surface area (Å²) in [5.74, 6) is -1.10. The summed E-state index contributed by atoms with van der Waals surface area (Å²) in [7, 11) is 0. The van der Waals surface area contributed by atoms with Crippen LogP contribution in [0.25, 0.3) is 0 Å². The monoisotopic (exact) mass is 362 g/mol. The molecule has 1 amide bonds. The predicted octanol–water partition coefficient (Wildman–Crippen LogP) is 1.12. The Bertz CT molecular complexity index is 828. The summed E-state index contributed by atoms with van der Waals surface area (Å²) in [6.07, 6.45) is 1.000. The third-order valence-electron chi connectivity index (χ3n) is 3.64. The van der Waals surface area contributed by atoms with E-state index < -0.39 is 16.6 Å². The highest BCUT2D eigenvalue weighted by atomic mass is 19.1. The molecule has 2 aromatic rings. The van der Waals surface area contributed by atoms with Gasteiger partial charge in [0.2, 0.25) is 5.95 Å². The van der Waals surface area contributed by atoms with Crippen LogP contribution in [0.1, 0.15) is 10.4 Å². The van der Waals surface area contributed by atoms with Crippen LogP contribution in [0.4, 0.5) is 21.8 Å². The third kappa shape index (κ3) is 4.00. The van der Waals surface area contributed by atoms with E-state index in [-0.39, 0.29) is 23.0 Å². The van der Waals surface area contributed by atoms with Gasteiger partial charge in [-0.05, 0) is 6.07 Å². The van der Waals surface area contributed by atoms with Gasteiger partial charge in [0.25, 0.3) is 11.6 Å². The number of morpholine rings is 1. The van der Waals surface area contributed by atoms with Gasteiger partial charge in [0.1, 0.15) is 0 Å². The van der Waals surface area contributed by atoms with Crippen LogP contribution < -0.4 is 15.8 Å². The Balaban J connectivity index is 1.68. The van der Waals surface area contributed by atoms with Gasteiger partial charge in [-0.3, -0.25) is 25.8 Å². The second-order valence-electron chi connectivity index (χ2n) is 5.35. The quantitative estimate of drug-likeness (QED) is 0.599. The fourth-order valence-electron chi connectivity index (χ4n) is 2.36. The molecule has 11 heteroatoms. The molecular weight excluding hydrogens is 347 g/mol. The average molecular weight is 362 g/mol. The van der Waals surface area contributed by atoms with Gasteiger partial charge < -0.3 is 9.64 Å². The number of hydrazine groups is 1. The molecule has 0 bridgehead atoms. The largest absolute Gasteiger partial charge is 0.378 e. The average Bonchev–Trinajstić information content (AvgIpc) is 2.68. The summed E-state index contributed by atoms with van der Waals surface area (Å²) in [4.78, 5) is 31.8. The number of halogens is 1. The minimum absolute atomic E-state index is 0.00771. The van der Waals surface area contributed by atoms with Gasteiger partial charge >= 0.3 is 0 Å². The van der Waals surface area contributed by atoms with Crippen molar-refractivity contribution in [1.29, 1.82) is 0 Å². The molecule has 26 heavy (non-hydrogen) atoms. The van der Waals surface area contributed by atoms with Crippen molar-refractivity contribution in [3.05, 3.63) is 52.0 Å². The number of ether oxygens (including phenoxy) is 1. The number of amides is 1. The van der Waals surface area contributed by atoms with Crippen LogP contribution >= 0.6 is 0 Å². The van der Waals surface area contributed by atoms with Crippen molar-refractivity contribution in [2.24, 2.45) is 0 Å². The number of nitro benzene ring substituents is 1. The van der Waals surface area contributed by atoms with E-state index in [2.05, 4.69) is 20.8 Å². The first kappa shape index (κ1) is 17.5. The van der Waals surface area contributed by atoms with E-state index in [9.17, 15) is 19.3 Å². The van der Waals surface area contributed by atoms with Gasteiger partial charge in [-0.1, -0.05) is 6.07 Å². The second-order valence-corrected chi connectivity index (χ2v) is 5.35. The predicted molar refractivity (Wildman–Crippen MR) is 89.2 cm³/mol. The number of nitrogens with one attached hydrogen (secondary N) is 2. The van der Waals surface area contributed by atoms with Gasteiger partial charge in [-0.15, -0.1) is 0 Å². The molecule has 1 aliphatic heterocycles. The number of non-ortho nitro benzene ring substituents is 1. The number of aromatic nitrogens is 2. The number of benzene rings is 1. The Morgan fingerprint density at radius 3 is 2.85 bits per heavy atom. The highest BCUT2D eigenvalue weighted by Crippen LogP contribution is 2.18. The molecule has 136 valence electrons.